The lowest BCUT2D eigenvalue weighted by molar-refractivity contribution is -0.149. The predicted molar refractivity (Wildman–Crippen MR) is 129 cm³/mol. The molecule has 0 aromatic heterocycles. The SMILES string of the molecule is CCC(C)Nc1ccc(O)c2c1C[C@@H]1C[C@@H]3C(C(C)C)C(O)=C(C(C)=O)C(=O)[C@]3(O)C(O)=C1C2=O. The van der Waals surface area contributed by atoms with Gasteiger partial charge in [0.05, 0.1) is 5.56 Å². The van der Waals surface area contributed by atoms with Crippen molar-refractivity contribution < 1.29 is 34.8 Å². The molecule has 2 unspecified atom stereocenters. The fraction of sp³-hybridized carbons (Fsp3) is 0.519. The zero-order valence-electron chi connectivity index (χ0n) is 20.7. The normalized spacial score (nSPS) is 29.1. The van der Waals surface area contributed by atoms with E-state index in [0.717, 1.165) is 13.3 Å². The average Bonchev–Trinajstić information content (AvgIpc) is 2.77. The van der Waals surface area contributed by atoms with E-state index in [-0.39, 0.29) is 41.0 Å². The first-order valence-corrected chi connectivity index (χ1v) is 12.2. The smallest absolute Gasteiger partial charge is 0.209 e. The summed E-state index contributed by atoms with van der Waals surface area (Å²) in [4.78, 5) is 39.3. The van der Waals surface area contributed by atoms with Gasteiger partial charge in [-0.25, -0.2) is 0 Å². The Balaban J connectivity index is 1.92. The fourth-order valence-electron chi connectivity index (χ4n) is 6.10. The molecule has 0 fully saturated rings. The molecule has 0 saturated carbocycles. The summed E-state index contributed by atoms with van der Waals surface area (Å²) in [5, 5.41) is 47.9. The van der Waals surface area contributed by atoms with Crippen molar-refractivity contribution in [3.8, 4) is 5.75 Å². The van der Waals surface area contributed by atoms with Crippen LogP contribution in [-0.4, -0.2) is 49.4 Å². The summed E-state index contributed by atoms with van der Waals surface area (Å²) in [6.45, 7) is 8.76. The van der Waals surface area contributed by atoms with E-state index in [1.54, 1.807) is 19.9 Å². The minimum absolute atomic E-state index is 0.0343. The van der Waals surface area contributed by atoms with E-state index in [1.165, 1.54) is 6.07 Å². The highest BCUT2D eigenvalue weighted by Gasteiger charge is 2.62. The number of Topliss-reactive ketones (excluding diaryl/α,β-unsaturated/α-hetero) is 3. The highest BCUT2D eigenvalue weighted by molar-refractivity contribution is 6.25. The molecule has 8 nitrogen and oxygen atoms in total. The van der Waals surface area contributed by atoms with Gasteiger partial charge in [0, 0.05) is 29.1 Å². The lowest BCUT2D eigenvalue weighted by Gasteiger charge is -2.50. The van der Waals surface area contributed by atoms with Gasteiger partial charge in [-0.05, 0) is 62.6 Å². The third kappa shape index (κ3) is 3.49. The van der Waals surface area contributed by atoms with Crippen molar-refractivity contribution in [2.45, 2.75) is 65.5 Å². The van der Waals surface area contributed by atoms with Crippen LogP contribution >= 0.6 is 0 Å². The maximum atomic E-state index is 13.7. The van der Waals surface area contributed by atoms with Gasteiger partial charge >= 0.3 is 0 Å². The molecule has 5 atom stereocenters. The third-order valence-corrected chi connectivity index (χ3v) is 7.98. The van der Waals surface area contributed by atoms with Crippen LogP contribution < -0.4 is 5.32 Å². The Morgan fingerprint density at radius 2 is 1.83 bits per heavy atom. The second-order valence-corrected chi connectivity index (χ2v) is 10.5. The van der Waals surface area contributed by atoms with Gasteiger partial charge < -0.3 is 25.7 Å². The fourth-order valence-corrected chi connectivity index (χ4v) is 6.10. The number of anilines is 1. The van der Waals surface area contributed by atoms with Crippen LogP contribution in [0, 0.1) is 23.7 Å². The highest BCUT2D eigenvalue weighted by Crippen LogP contribution is 2.55. The van der Waals surface area contributed by atoms with E-state index >= 15 is 0 Å². The van der Waals surface area contributed by atoms with Gasteiger partial charge in [0.1, 0.15) is 22.8 Å². The van der Waals surface area contributed by atoms with Crippen molar-refractivity contribution in [2.75, 3.05) is 5.32 Å². The number of fused-ring (bicyclic) bond motifs is 3. The number of aromatic hydroxyl groups is 1. The molecule has 3 aliphatic rings. The highest BCUT2D eigenvalue weighted by atomic mass is 16.3. The first kappa shape index (κ1) is 25.0. The molecule has 0 bridgehead atoms. The molecule has 0 heterocycles. The van der Waals surface area contributed by atoms with E-state index < -0.39 is 52.0 Å². The third-order valence-electron chi connectivity index (χ3n) is 7.98. The zero-order valence-corrected chi connectivity index (χ0v) is 20.7. The van der Waals surface area contributed by atoms with Gasteiger partial charge in [0.25, 0.3) is 0 Å². The second kappa shape index (κ2) is 8.52. The van der Waals surface area contributed by atoms with Crippen LogP contribution in [0.3, 0.4) is 0 Å². The van der Waals surface area contributed by atoms with Crippen LogP contribution in [0.1, 0.15) is 63.4 Å². The minimum atomic E-state index is -2.51. The molecule has 0 spiro atoms. The number of benzene rings is 1. The number of carbonyl (C=O) groups excluding carboxylic acids is 3. The number of rotatable bonds is 5. The number of aliphatic hydroxyl groups is 3. The van der Waals surface area contributed by atoms with E-state index in [2.05, 4.69) is 5.32 Å². The Kier molecular flexibility index (Phi) is 6.08. The van der Waals surface area contributed by atoms with Crippen molar-refractivity contribution in [1.29, 1.82) is 0 Å². The Labute approximate surface area is 204 Å². The monoisotopic (exact) mass is 483 g/mol. The molecule has 35 heavy (non-hydrogen) atoms. The van der Waals surface area contributed by atoms with E-state index in [1.807, 2.05) is 13.8 Å². The summed E-state index contributed by atoms with van der Waals surface area (Å²) in [5.41, 5.74) is -1.81. The number of carbonyl (C=O) groups is 3. The molecule has 1 aromatic rings. The Morgan fingerprint density at radius 1 is 1.17 bits per heavy atom. The molecule has 5 N–H and O–H groups in total. The zero-order chi connectivity index (χ0) is 26.0. The van der Waals surface area contributed by atoms with Crippen LogP contribution in [0.5, 0.6) is 5.75 Å². The molecular formula is C27H33NO7. The quantitative estimate of drug-likeness (QED) is 0.314. The van der Waals surface area contributed by atoms with Crippen molar-refractivity contribution >= 4 is 23.0 Å². The molecule has 8 heteroatoms. The molecule has 4 rings (SSSR count). The van der Waals surface area contributed by atoms with Crippen molar-refractivity contribution in [3.05, 3.63) is 45.9 Å². The predicted octanol–water partition coefficient (Wildman–Crippen LogP) is 3.78. The summed E-state index contributed by atoms with van der Waals surface area (Å²) in [6.07, 6.45) is 1.28. The van der Waals surface area contributed by atoms with Crippen LogP contribution in [0.15, 0.2) is 34.8 Å². The first-order chi connectivity index (χ1) is 16.4. The lowest BCUT2D eigenvalue weighted by atomic mass is 9.55. The van der Waals surface area contributed by atoms with Gasteiger partial charge in [0.2, 0.25) is 5.78 Å². The largest absolute Gasteiger partial charge is 0.511 e. The number of ketones is 3. The Hall–Kier alpha value is -3.13. The van der Waals surface area contributed by atoms with Crippen LogP contribution in [0.4, 0.5) is 5.69 Å². The number of nitrogens with one attached hydrogen (secondary N) is 1. The van der Waals surface area contributed by atoms with Crippen molar-refractivity contribution in [2.24, 2.45) is 23.7 Å². The summed E-state index contributed by atoms with van der Waals surface area (Å²) in [5.74, 6) is -6.36. The minimum Gasteiger partial charge on any atom is -0.511 e. The first-order valence-electron chi connectivity index (χ1n) is 12.2. The molecule has 1 aromatic carbocycles. The van der Waals surface area contributed by atoms with Gasteiger partial charge in [-0.2, -0.15) is 0 Å². The van der Waals surface area contributed by atoms with Gasteiger partial charge in [-0.1, -0.05) is 20.8 Å². The van der Waals surface area contributed by atoms with Crippen LogP contribution in [-0.2, 0) is 16.0 Å². The van der Waals surface area contributed by atoms with E-state index in [4.69, 9.17) is 0 Å². The van der Waals surface area contributed by atoms with Crippen LogP contribution in [0.2, 0.25) is 0 Å². The summed E-state index contributed by atoms with van der Waals surface area (Å²) >= 11 is 0. The second-order valence-electron chi connectivity index (χ2n) is 10.5. The molecule has 0 amide bonds. The number of hydrogen-bond acceptors (Lipinski definition) is 8. The molecule has 0 saturated heterocycles. The number of phenolic OH excluding ortho intramolecular Hbond substituents is 1. The number of aliphatic hydroxyl groups excluding tert-OH is 2. The summed E-state index contributed by atoms with van der Waals surface area (Å²) < 4.78 is 0. The van der Waals surface area contributed by atoms with Gasteiger partial charge in [-0.3, -0.25) is 14.4 Å². The topological polar surface area (TPSA) is 144 Å². The number of allylic oxidation sites excluding steroid dienone is 2. The molecule has 0 aliphatic heterocycles. The van der Waals surface area contributed by atoms with Crippen molar-refractivity contribution in [3.63, 3.8) is 0 Å². The summed E-state index contributed by atoms with van der Waals surface area (Å²) in [7, 11) is 0. The average molecular weight is 484 g/mol. The van der Waals surface area contributed by atoms with Gasteiger partial charge in [-0.15, -0.1) is 0 Å². The molecule has 3 aliphatic carbocycles. The number of hydrogen-bond donors (Lipinski definition) is 5. The Morgan fingerprint density at radius 3 is 2.40 bits per heavy atom. The summed E-state index contributed by atoms with van der Waals surface area (Å²) in [6, 6.07) is 3.25. The van der Waals surface area contributed by atoms with E-state index in [9.17, 15) is 34.8 Å². The maximum Gasteiger partial charge on any atom is 0.209 e. The molecule has 0 radical (unpaired) electrons. The van der Waals surface area contributed by atoms with Crippen LogP contribution in [0.25, 0.3) is 0 Å². The maximum absolute atomic E-state index is 13.7. The van der Waals surface area contributed by atoms with E-state index in [0.29, 0.717) is 17.7 Å². The number of phenols is 1. The van der Waals surface area contributed by atoms with Crippen molar-refractivity contribution in [1.82, 2.24) is 0 Å². The Bertz CT molecular complexity index is 1190. The molecule has 188 valence electrons. The molecular weight excluding hydrogens is 450 g/mol. The van der Waals surface area contributed by atoms with Gasteiger partial charge in [0.15, 0.2) is 17.2 Å². The lowest BCUT2D eigenvalue weighted by Crippen LogP contribution is -2.60. The standard InChI is InChI=1S/C27H33NO7/c1-6-12(4)28-17-7-8-18(30)22-15(17)9-14-10-16-19(11(2)3)23(31)20(13(5)29)25(33)27(16,35)26(34)21(14)24(22)32/h7-8,11-12,14,16,19,28,30-31,34-35H,6,9-10H2,1-5H3/t12?,14-,16-,19?,27+/m1/s1.